The molecule has 152 valence electrons. The Balaban J connectivity index is 1.15. The Morgan fingerprint density at radius 1 is 0.897 bits per heavy atom. The molecular formula is C26H33N3. The lowest BCUT2D eigenvalue weighted by Gasteiger charge is -2.34. The van der Waals surface area contributed by atoms with Crippen LogP contribution in [0.4, 0.5) is 5.69 Å². The fraction of sp³-hybridized carbons (Fsp3) is 0.462. The Kier molecular flexibility index (Phi) is 5.69. The fourth-order valence-corrected chi connectivity index (χ4v) is 5.14. The maximum absolute atomic E-state index is 3.81. The molecule has 29 heavy (non-hydrogen) atoms. The number of nitrogens with zero attached hydrogens (tertiary/aromatic N) is 2. The van der Waals surface area contributed by atoms with Crippen LogP contribution in [-0.4, -0.2) is 50.2 Å². The van der Waals surface area contributed by atoms with E-state index in [0.717, 1.165) is 26.1 Å². The van der Waals surface area contributed by atoms with E-state index in [0.29, 0.717) is 6.04 Å². The monoisotopic (exact) mass is 387 g/mol. The molecular weight excluding hydrogens is 354 g/mol. The molecule has 0 radical (unpaired) electrons. The van der Waals surface area contributed by atoms with E-state index < -0.39 is 0 Å². The van der Waals surface area contributed by atoms with Gasteiger partial charge in [-0.3, -0.25) is 0 Å². The molecule has 2 aromatic rings. The lowest BCUT2D eigenvalue weighted by molar-refractivity contribution is 0.317. The van der Waals surface area contributed by atoms with E-state index in [2.05, 4.69) is 69.7 Å². The first kappa shape index (κ1) is 18.9. The molecule has 5 rings (SSSR count). The fourth-order valence-electron chi connectivity index (χ4n) is 5.14. The molecule has 2 saturated heterocycles. The molecule has 0 aromatic heterocycles. The Labute approximate surface area is 175 Å². The number of piperidine rings is 1. The summed E-state index contributed by atoms with van der Waals surface area (Å²) >= 11 is 0. The van der Waals surface area contributed by atoms with Gasteiger partial charge in [0.15, 0.2) is 0 Å². The zero-order valence-corrected chi connectivity index (χ0v) is 17.4. The summed E-state index contributed by atoms with van der Waals surface area (Å²) in [4.78, 5) is 5.18. The number of allylic oxidation sites excluding steroid dienone is 1. The number of hydrogen-bond acceptors (Lipinski definition) is 3. The van der Waals surface area contributed by atoms with Gasteiger partial charge in [0.05, 0.1) is 0 Å². The van der Waals surface area contributed by atoms with Crippen LogP contribution >= 0.6 is 0 Å². The van der Waals surface area contributed by atoms with Crippen molar-refractivity contribution in [3.8, 4) is 0 Å². The van der Waals surface area contributed by atoms with Gasteiger partial charge in [-0.15, -0.1) is 0 Å². The summed E-state index contributed by atoms with van der Waals surface area (Å²) in [6.45, 7) is 7.29. The van der Waals surface area contributed by atoms with Crippen molar-refractivity contribution in [3.05, 3.63) is 65.2 Å². The van der Waals surface area contributed by atoms with Crippen LogP contribution in [0.25, 0.3) is 11.6 Å². The quantitative estimate of drug-likeness (QED) is 0.791. The van der Waals surface area contributed by atoms with Gasteiger partial charge in [0, 0.05) is 37.9 Å². The predicted octanol–water partition coefficient (Wildman–Crippen LogP) is 4.44. The van der Waals surface area contributed by atoms with Crippen LogP contribution in [0.5, 0.6) is 0 Å². The molecule has 2 aromatic carbocycles. The minimum atomic E-state index is 0.684. The number of nitrogens with one attached hydrogen (secondary N) is 1. The third-order valence-corrected chi connectivity index (χ3v) is 6.90. The van der Waals surface area contributed by atoms with Crippen molar-refractivity contribution in [2.24, 2.45) is 0 Å². The highest BCUT2D eigenvalue weighted by Gasteiger charge is 2.20. The molecule has 3 nitrogen and oxygen atoms in total. The highest BCUT2D eigenvalue weighted by molar-refractivity contribution is 5.89. The first-order chi connectivity index (χ1) is 14.3. The summed E-state index contributed by atoms with van der Waals surface area (Å²) in [5.74, 6) is 0. The average molecular weight is 388 g/mol. The molecule has 0 atom stereocenters. The van der Waals surface area contributed by atoms with Crippen LogP contribution in [0.1, 0.15) is 42.4 Å². The maximum Gasteiger partial charge on any atom is 0.0372 e. The summed E-state index contributed by atoms with van der Waals surface area (Å²) in [5, 5.41) is 3.81. The molecule has 0 spiro atoms. The molecule has 1 aliphatic carbocycles. The van der Waals surface area contributed by atoms with E-state index in [1.807, 2.05) is 0 Å². The van der Waals surface area contributed by atoms with Crippen LogP contribution in [0, 0.1) is 0 Å². The number of likely N-dealkylation sites (tertiary alicyclic amines) is 1. The van der Waals surface area contributed by atoms with Gasteiger partial charge in [-0.2, -0.15) is 0 Å². The summed E-state index contributed by atoms with van der Waals surface area (Å²) in [6.07, 6.45) is 8.70. The molecule has 2 fully saturated rings. The second kappa shape index (κ2) is 8.73. The summed E-state index contributed by atoms with van der Waals surface area (Å²) < 4.78 is 0. The van der Waals surface area contributed by atoms with E-state index >= 15 is 0 Å². The number of anilines is 1. The van der Waals surface area contributed by atoms with Crippen LogP contribution in [0.3, 0.4) is 0 Å². The molecule has 3 aliphatic rings. The van der Waals surface area contributed by atoms with Crippen molar-refractivity contribution < 1.29 is 0 Å². The Morgan fingerprint density at radius 3 is 2.55 bits per heavy atom. The van der Waals surface area contributed by atoms with Crippen LogP contribution < -0.4 is 10.2 Å². The third kappa shape index (κ3) is 4.41. The normalized spacial score (nSPS) is 20.1. The van der Waals surface area contributed by atoms with Gasteiger partial charge in [-0.25, -0.2) is 0 Å². The van der Waals surface area contributed by atoms with Gasteiger partial charge in [0.2, 0.25) is 0 Å². The first-order valence-electron chi connectivity index (χ1n) is 11.4. The molecule has 3 heteroatoms. The second-order valence-corrected chi connectivity index (χ2v) is 8.86. The smallest absolute Gasteiger partial charge is 0.0372 e. The summed E-state index contributed by atoms with van der Waals surface area (Å²) in [6, 6.07) is 18.6. The van der Waals surface area contributed by atoms with E-state index in [9.17, 15) is 0 Å². The third-order valence-electron chi connectivity index (χ3n) is 6.90. The van der Waals surface area contributed by atoms with Gasteiger partial charge in [0.25, 0.3) is 0 Å². The molecule has 0 unspecified atom stereocenters. The standard InChI is InChI=1S/C26H33N3/c1-2-7-22-19-24(18-21(22)6-1)23-8-5-9-26(20-23)29-15-10-25(11-16-29)27-12-17-28-13-3-4-14-28/h1-2,5-9,18,20,25,27H,3-4,10-17,19H2. The molecule has 0 bridgehead atoms. The zero-order valence-electron chi connectivity index (χ0n) is 17.4. The van der Waals surface area contributed by atoms with Crippen molar-refractivity contribution in [2.75, 3.05) is 44.2 Å². The molecule has 2 aliphatic heterocycles. The summed E-state index contributed by atoms with van der Waals surface area (Å²) in [7, 11) is 0. The Morgan fingerprint density at radius 2 is 1.72 bits per heavy atom. The van der Waals surface area contributed by atoms with Crippen molar-refractivity contribution in [1.82, 2.24) is 10.2 Å². The summed E-state index contributed by atoms with van der Waals surface area (Å²) in [5.41, 5.74) is 7.05. The van der Waals surface area contributed by atoms with E-state index in [1.165, 1.54) is 73.3 Å². The number of rotatable bonds is 6. The van der Waals surface area contributed by atoms with E-state index in [1.54, 1.807) is 0 Å². The average Bonchev–Trinajstić information content (AvgIpc) is 3.44. The zero-order chi connectivity index (χ0) is 19.5. The Bertz CT molecular complexity index is 858. The van der Waals surface area contributed by atoms with Crippen LogP contribution in [0.15, 0.2) is 48.5 Å². The lowest BCUT2D eigenvalue weighted by Crippen LogP contribution is -2.44. The number of hydrogen-bond donors (Lipinski definition) is 1. The van der Waals surface area contributed by atoms with Gasteiger partial charge < -0.3 is 15.1 Å². The van der Waals surface area contributed by atoms with Crippen molar-refractivity contribution in [3.63, 3.8) is 0 Å². The van der Waals surface area contributed by atoms with Crippen molar-refractivity contribution in [1.29, 1.82) is 0 Å². The SMILES string of the molecule is C1=C(c2cccc(N3CCC(NCCN4CCCC4)CC3)c2)Cc2ccccc21. The predicted molar refractivity (Wildman–Crippen MR) is 123 cm³/mol. The molecule has 0 amide bonds. The van der Waals surface area contributed by atoms with Gasteiger partial charge in [-0.1, -0.05) is 42.5 Å². The molecule has 2 heterocycles. The second-order valence-electron chi connectivity index (χ2n) is 8.86. The Hall–Kier alpha value is -2.10. The highest BCUT2D eigenvalue weighted by Crippen LogP contribution is 2.33. The largest absolute Gasteiger partial charge is 0.371 e. The van der Waals surface area contributed by atoms with E-state index in [4.69, 9.17) is 0 Å². The number of fused-ring (bicyclic) bond motifs is 1. The van der Waals surface area contributed by atoms with Crippen molar-refractivity contribution in [2.45, 2.75) is 38.1 Å². The van der Waals surface area contributed by atoms with E-state index in [-0.39, 0.29) is 0 Å². The molecule has 0 saturated carbocycles. The number of benzene rings is 2. The maximum atomic E-state index is 3.81. The molecule has 1 N–H and O–H groups in total. The van der Waals surface area contributed by atoms with Gasteiger partial charge >= 0.3 is 0 Å². The lowest BCUT2D eigenvalue weighted by atomic mass is 10.0. The van der Waals surface area contributed by atoms with Crippen molar-refractivity contribution >= 4 is 17.3 Å². The van der Waals surface area contributed by atoms with Crippen LogP contribution in [0.2, 0.25) is 0 Å². The van der Waals surface area contributed by atoms with Gasteiger partial charge in [0.1, 0.15) is 0 Å². The first-order valence-corrected chi connectivity index (χ1v) is 11.4. The van der Waals surface area contributed by atoms with Crippen LogP contribution in [-0.2, 0) is 6.42 Å². The topological polar surface area (TPSA) is 18.5 Å². The minimum absolute atomic E-state index is 0.684. The minimum Gasteiger partial charge on any atom is -0.371 e. The van der Waals surface area contributed by atoms with Gasteiger partial charge in [-0.05, 0) is 79.6 Å². The highest BCUT2D eigenvalue weighted by atomic mass is 15.2.